The molecule has 61 heavy (non-hydrogen) atoms. The van der Waals surface area contributed by atoms with Crippen molar-refractivity contribution in [1.29, 1.82) is 0 Å². The van der Waals surface area contributed by atoms with Crippen LogP contribution in [-0.2, 0) is 38.2 Å². The Bertz CT molecular complexity index is 2220. The zero-order valence-electron chi connectivity index (χ0n) is 33.7. The molecule has 8 atom stereocenters. The molecule has 0 aliphatic carbocycles. The molecule has 3 aliphatic heterocycles. The molecule has 3 aromatic carbocycles. The summed E-state index contributed by atoms with van der Waals surface area (Å²) in [6.07, 6.45) is -6.31. The predicted octanol–water partition coefficient (Wildman–Crippen LogP) is -1.08. The standard InChI is InChI=1S/C40H45N4O15P.Na/c1-39(50)23-44(38(49)42-36(39)47)34-19-29(45)31(57-34)22-56-60(51,52)59-30-20-35(43-18-17-33(46)41-37(43)48)58-32(30)21-55-40(24-7-5-4-6-8-24,25-9-13-27(53-2)14-10-25)26-11-15-28(54-3)16-12-26;/h4-18,29-32,34-35,45,50H,19-23H2,1-3H3,(H,51,52)(H,41,46,48)(H,42,47,49);/q;+1/p-1/t29-,30-,31+,32+,34+,35+,39?;/m0./s1. The van der Waals surface area contributed by atoms with E-state index in [0.717, 1.165) is 15.5 Å². The summed E-state index contributed by atoms with van der Waals surface area (Å²) < 4.78 is 55.7. The van der Waals surface area contributed by atoms with E-state index in [9.17, 15) is 39.2 Å². The zero-order valence-corrected chi connectivity index (χ0v) is 36.6. The molecular weight excluding hydrogens is 830 g/mol. The van der Waals surface area contributed by atoms with Gasteiger partial charge in [0.25, 0.3) is 5.91 Å². The van der Waals surface area contributed by atoms with Gasteiger partial charge < -0.3 is 43.9 Å². The molecule has 4 aromatic rings. The monoisotopic (exact) mass is 874 g/mol. The van der Waals surface area contributed by atoms with Crippen LogP contribution >= 0.6 is 7.82 Å². The Kier molecular flexibility index (Phi) is 14.4. The van der Waals surface area contributed by atoms with Crippen LogP contribution in [0.2, 0.25) is 0 Å². The van der Waals surface area contributed by atoms with Crippen molar-refractivity contribution in [1.82, 2.24) is 19.8 Å². The van der Waals surface area contributed by atoms with Crippen molar-refractivity contribution < 1.29 is 96.7 Å². The van der Waals surface area contributed by atoms with E-state index < -0.39 is 92.6 Å². The Morgan fingerprint density at radius 1 is 0.885 bits per heavy atom. The molecule has 0 bridgehead atoms. The van der Waals surface area contributed by atoms with Gasteiger partial charge in [-0.05, 0) is 59.8 Å². The molecule has 0 radical (unpaired) electrons. The minimum Gasteiger partial charge on any atom is -0.858 e. The number of aliphatic hydroxyl groups is 2. The van der Waals surface area contributed by atoms with Crippen molar-refractivity contribution in [3.63, 3.8) is 0 Å². The minimum absolute atomic E-state index is 0. The summed E-state index contributed by atoms with van der Waals surface area (Å²) in [7, 11) is -1.93. The number of carbonyl (C=O) groups is 2. The SMILES string of the molecule is COc1ccc(C(OC[C@H]2O[C@@H](n3ccc([O-])nc3=O)C[C@@H]2OP(=O)(O)OC[C@H]2O[C@@H](N3CC(C)(O)C(=O)NC3=O)C[C@@H]2O)(c2ccccc2)c2ccc(OC)cc2)cc1.[Na+]. The van der Waals surface area contributed by atoms with Crippen LogP contribution in [0.4, 0.5) is 4.79 Å². The number of benzene rings is 3. The number of rotatable bonds is 15. The van der Waals surface area contributed by atoms with E-state index in [0.29, 0.717) is 28.2 Å². The first-order valence-electron chi connectivity index (χ1n) is 18.9. The number of phosphoric acid groups is 1. The summed E-state index contributed by atoms with van der Waals surface area (Å²) in [6.45, 7) is -0.176. The van der Waals surface area contributed by atoms with E-state index in [1.54, 1.807) is 38.5 Å². The van der Waals surface area contributed by atoms with Crippen molar-refractivity contribution in [3.8, 4) is 17.4 Å². The summed E-state index contributed by atoms with van der Waals surface area (Å²) in [5.41, 5.74) is -2.11. The predicted molar refractivity (Wildman–Crippen MR) is 206 cm³/mol. The van der Waals surface area contributed by atoms with Gasteiger partial charge in [-0.25, -0.2) is 19.1 Å². The van der Waals surface area contributed by atoms with Gasteiger partial charge in [-0.15, -0.1) is 0 Å². The molecule has 2 unspecified atom stereocenters. The Labute approximate surface area is 372 Å². The normalized spacial score (nSPS) is 26.3. The van der Waals surface area contributed by atoms with E-state index in [1.165, 1.54) is 13.1 Å². The van der Waals surface area contributed by atoms with E-state index in [4.69, 9.17) is 32.7 Å². The van der Waals surface area contributed by atoms with Crippen LogP contribution in [0.3, 0.4) is 0 Å². The summed E-state index contributed by atoms with van der Waals surface area (Å²) in [4.78, 5) is 53.0. The third-order valence-electron chi connectivity index (χ3n) is 10.6. The summed E-state index contributed by atoms with van der Waals surface area (Å²) in [5, 5.41) is 35.1. The van der Waals surface area contributed by atoms with Gasteiger partial charge in [-0.2, -0.15) is 0 Å². The van der Waals surface area contributed by atoms with Crippen LogP contribution in [0.5, 0.6) is 17.4 Å². The molecule has 3 saturated heterocycles. The number of imide groups is 1. The van der Waals surface area contributed by atoms with Crippen molar-refractivity contribution in [2.75, 3.05) is 34.0 Å². The maximum absolute atomic E-state index is 13.7. The number of amides is 3. The molecule has 3 fully saturated rings. The molecule has 19 nitrogen and oxygen atoms in total. The van der Waals surface area contributed by atoms with Gasteiger partial charge >= 0.3 is 49.1 Å². The van der Waals surface area contributed by atoms with Crippen LogP contribution < -0.4 is 55.1 Å². The average Bonchev–Trinajstić information content (AvgIpc) is 3.81. The largest absolute Gasteiger partial charge is 1.00 e. The fourth-order valence-electron chi connectivity index (χ4n) is 7.47. The molecular formula is C40H44N4NaO15P. The van der Waals surface area contributed by atoms with Gasteiger partial charge in [-0.3, -0.25) is 28.6 Å². The fourth-order valence-corrected chi connectivity index (χ4v) is 8.43. The van der Waals surface area contributed by atoms with Crippen molar-refractivity contribution in [3.05, 3.63) is 118 Å². The first-order valence-corrected chi connectivity index (χ1v) is 20.4. The van der Waals surface area contributed by atoms with E-state index in [2.05, 4.69) is 4.98 Å². The first kappa shape index (κ1) is 46.3. The molecule has 1 aromatic heterocycles. The number of methoxy groups -OCH3 is 2. The van der Waals surface area contributed by atoms with Gasteiger partial charge in [0, 0.05) is 19.0 Å². The molecule has 4 N–H and O–H groups in total. The number of ether oxygens (including phenoxy) is 5. The first-order chi connectivity index (χ1) is 28.6. The summed E-state index contributed by atoms with van der Waals surface area (Å²) in [6, 6.07) is 24.1. The Morgan fingerprint density at radius 3 is 2.07 bits per heavy atom. The number of carbonyl (C=O) groups excluding carboxylic acids is 2. The number of urea groups is 1. The number of nitrogens with zero attached hydrogens (tertiary/aromatic N) is 3. The number of phosphoric ester groups is 1. The van der Waals surface area contributed by atoms with Crippen LogP contribution in [0.1, 0.15) is 42.7 Å². The van der Waals surface area contributed by atoms with Gasteiger partial charge in [0.15, 0.2) is 5.60 Å². The minimum atomic E-state index is -5.03. The number of nitrogens with one attached hydrogen (secondary N) is 1. The topological polar surface area (TPSA) is 250 Å². The molecule has 21 heteroatoms. The average molecular weight is 875 g/mol. The zero-order chi connectivity index (χ0) is 42.8. The van der Waals surface area contributed by atoms with Crippen molar-refractivity contribution >= 4 is 19.8 Å². The number of β-amino-alcohol motifs (C(OH)–C–C–N with tert-alkyl or cyclic N) is 1. The molecule has 320 valence electrons. The second-order valence-corrected chi connectivity index (χ2v) is 16.0. The number of aliphatic hydroxyl groups excluding tert-OH is 1. The Hall–Kier alpha value is -4.21. The van der Waals surface area contributed by atoms with E-state index in [-0.39, 0.29) is 49.0 Å². The van der Waals surface area contributed by atoms with E-state index in [1.807, 2.05) is 59.9 Å². The third kappa shape index (κ3) is 10.0. The van der Waals surface area contributed by atoms with Crippen LogP contribution in [-0.4, -0.2) is 112 Å². The quantitative estimate of drug-likeness (QED) is 0.0630. The van der Waals surface area contributed by atoms with E-state index >= 15 is 0 Å². The molecule has 0 saturated carbocycles. The number of aromatic nitrogens is 2. The molecule has 3 aliphatic rings. The summed E-state index contributed by atoms with van der Waals surface area (Å²) >= 11 is 0. The van der Waals surface area contributed by atoms with Crippen LogP contribution in [0.25, 0.3) is 0 Å². The number of hydrogen-bond donors (Lipinski definition) is 4. The molecule has 4 heterocycles. The summed E-state index contributed by atoms with van der Waals surface area (Å²) in [5.74, 6) is -0.459. The molecule has 3 amide bonds. The van der Waals surface area contributed by atoms with Gasteiger partial charge in [-0.1, -0.05) is 54.6 Å². The van der Waals surface area contributed by atoms with Gasteiger partial charge in [0.1, 0.15) is 47.9 Å². The maximum Gasteiger partial charge on any atom is 1.00 e. The maximum atomic E-state index is 13.7. The van der Waals surface area contributed by atoms with Gasteiger partial charge in [0.05, 0.1) is 40.1 Å². The Balaban J connectivity index is 0.00000622. The second kappa shape index (κ2) is 19.0. The fraction of sp³-hybridized carbons (Fsp3) is 0.400. The molecule has 0 spiro atoms. The Morgan fingerprint density at radius 2 is 1.48 bits per heavy atom. The smallest absolute Gasteiger partial charge is 0.858 e. The van der Waals surface area contributed by atoms with Gasteiger partial charge in [0.2, 0.25) is 0 Å². The second-order valence-electron chi connectivity index (χ2n) is 14.6. The van der Waals surface area contributed by atoms with Crippen LogP contribution in [0.15, 0.2) is 95.9 Å². The van der Waals surface area contributed by atoms with Crippen LogP contribution in [0, 0.1) is 0 Å². The third-order valence-corrected chi connectivity index (χ3v) is 11.6. The van der Waals surface area contributed by atoms with Crippen molar-refractivity contribution in [2.45, 2.75) is 67.8 Å². The number of hydrogen-bond acceptors (Lipinski definition) is 15. The molecule has 7 rings (SSSR count). The van der Waals surface area contributed by atoms with Crippen molar-refractivity contribution in [2.24, 2.45) is 0 Å².